The molecule has 1 amide bonds. The van der Waals surface area contributed by atoms with Crippen molar-refractivity contribution in [3.8, 4) is 0 Å². The van der Waals surface area contributed by atoms with Crippen LogP contribution in [0.1, 0.15) is 46.0 Å². The summed E-state index contributed by atoms with van der Waals surface area (Å²) in [5.74, 6) is 1.19. The van der Waals surface area contributed by atoms with E-state index in [4.69, 9.17) is 0 Å². The van der Waals surface area contributed by atoms with E-state index in [0.717, 1.165) is 25.6 Å². The van der Waals surface area contributed by atoms with Crippen LogP contribution in [0.25, 0.3) is 0 Å². The first-order valence-electron chi connectivity index (χ1n) is 6.20. The van der Waals surface area contributed by atoms with E-state index in [9.17, 15) is 4.79 Å². The number of rotatable bonds is 4. The van der Waals surface area contributed by atoms with E-state index in [1.165, 1.54) is 25.7 Å². The van der Waals surface area contributed by atoms with Crippen LogP contribution in [-0.4, -0.2) is 29.6 Å². The molecule has 3 nitrogen and oxygen atoms in total. The molecule has 1 aliphatic heterocycles. The van der Waals surface area contributed by atoms with Crippen LogP contribution in [0.4, 0.5) is 0 Å². The fourth-order valence-corrected chi connectivity index (χ4v) is 2.34. The van der Waals surface area contributed by atoms with E-state index in [1.54, 1.807) is 0 Å². The van der Waals surface area contributed by atoms with E-state index >= 15 is 0 Å². The minimum atomic E-state index is -0.292. The standard InChI is InChI=1S/C12H22N2O/c1-3-12(2)11(15)14(9-13-12)8-7-10-5-4-6-10/h10,13H,3-9H2,1-2H3. The molecule has 0 bridgehead atoms. The summed E-state index contributed by atoms with van der Waals surface area (Å²) in [7, 11) is 0. The molecule has 2 aliphatic rings. The number of nitrogens with one attached hydrogen (secondary N) is 1. The molecule has 1 aliphatic carbocycles. The fraction of sp³-hybridized carbons (Fsp3) is 0.917. The van der Waals surface area contributed by atoms with Gasteiger partial charge in [0.05, 0.1) is 12.2 Å². The van der Waals surface area contributed by atoms with Crippen LogP contribution >= 0.6 is 0 Å². The van der Waals surface area contributed by atoms with Gasteiger partial charge < -0.3 is 4.90 Å². The molecule has 15 heavy (non-hydrogen) atoms. The lowest BCUT2D eigenvalue weighted by Crippen LogP contribution is -2.43. The van der Waals surface area contributed by atoms with E-state index < -0.39 is 0 Å². The second-order valence-electron chi connectivity index (χ2n) is 5.17. The minimum absolute atomic E-state index is 0.292. The Hall–Kier alpha value is -0.570. The third-order valence-electron chi connectivity index (χ3n) is 4.16. The lowest BCUT2D eigenvalue weighted by Gasteiger charge is -2.28. The van der Waals surface area contributed by atoms with Gasteiger partial charge in [-0.05, 0) is 25.7 Å². The molecule has 3 heteroatoms. The monoisotopic (exact) mass is 210 g/mol. The molecule has 0 radical (unpaired) electrons. The zero-order valence-electron chi connectivity index (χ0n) is 9.88. The maximum Gasteiger partial charge on any atom is 0.243 e. The molecule has 1 heterocycles. The van der Waals surface area contributed by atoms with Gasteiger partial charge in [0.2, 0.25) is 5.91 Å². The van der Waals surface area contributed by atoms with Crippen LogP contribution < -0.4 is 5.32 Å². The van der Waals surface area contributed by atoms with Crippen LogP contribution in [0, 0.1) is 5.92 Å². The van der Waals surface area contributed by atoms with Crippen LogP contribution in [0.5, 0.6) is 0 Å². The van der Waals surface area contributed by atoms with E-state index in [2.05, 4.69) is 12.2 Å². The summed E-state index contributed by atoms with van der Waals surface area (Å²) in [6.45, 7) is 5.78. The van der Waals surface area contributed by atoms with Gasteiger partial charge in [-0.2, -0.15) is 0 Å². The van der Waals surface area contributed by atoms with Crippen molar-refractivity contribution < 1.29 is 4.79 Å². The van der Waals surface area contributed by atoms with Crippen LogP contribution in [-0.2, 0) is 4.79 Å². The Kier molecular flexibility index (Phi) is 3.01. The maximum atomic E-state index is 12.0. The number of nitrogens with zero attached hydrogens (tertiary/aromatic N) is 1. The Balaban J connectivity index is 1.81. The van der Waals surface area contributed by atoms with Gasteiger partial charge >= 0.3 is 0 Å². The number of hydrogen-bond acceptors (Lipinski definition) is 2. The Morgan fingerprint density at radius 3 is 2.73 bits per heavy atom. The van der Waals surface area contributed by atoms with E-state index in [1.807, 2.05) is 11.8 Å². The quantitative estimate of drug-likeness (QED) is 0.766. The fourth-order valence-electron chi connectivity index (χ4n) is 2.34. The molecule has 0 aromatic carbocycles. The van der Waals surface area contributed by atoms with Crippen LogP contribution in [0.15, 0.2) is 0 Å². The first kappa shape index (κ1) is 10.9. The largest absolute Gasteiger partial charge is 0.328 e. The van der Waals surface area contributed by atoms with Gasteiger partial charge in [-0.3, -0.25) is 10.1 Å². The highest BCUT2D eigenvalue weighted by Gasteiger charge is 2.40. The Morgan fingerprint density at radius 2 is 2.27 bits per heavy atom. The summed E-state index contributed by atoms with van der Waals surface area (Å²) in [5.41, 5.74) is -0.292. The first-order chi connectivity index (χ1) is 7.15. The molecule has 86 valence electrons. The number of amides is 1. The van der Waals surface area contributed by atoms with Gasteiger partial charge in [0, 0.05) is 6.54 Å². The van der Waals surface area contributed by atoms with Crippen molar-refractivity contribution in [3.05, 3.63) is 0 Å². The van der Waals surface area contributed by atoms with Crippen molar-refractivity contribution in [1.29, 1.82) is 0 Å². The molecule has 0 aromatic rings. The third kappa shape index (κ3) is 2.03. The molecular formula is C12H22N2O. The number of carbonyl (C=O) groups excluding carboxylic acids is 1. The smallest absolute Gasteiger partial charge is 0.243 e. The summed E-state index contributed by atoms with van der Waals surface area (Å²) >= 11 is 0. The lowest BCUT2D eigenvalue weighted by atomic mass is 9.83. The highest BCUT2D eigenvalue weighted by atomic mass is 16.2. The van der Waals surface area contributed by atoms with Gasteiger partial charge in [0.25, 0.3) is 0 Å². The van der Waals surface area contributed by atoms with E-state index in [-0.39, 0.29) is 5.54 Å². The molecule has 0 aromatic heterocycles. The molecule has 0 spiro atoms. The number of hydrogen-bond donors (Lipinski definition) is 1. The topological polar surface area (TPSA) is 32.3 Å². The lowest BCUT2D eigenvalue weighted by molar-refractivity contribution is -0.132. The highest BCUT2D eigenvalue weighted by molar-refractivity contribution is 5.87. The third-order valence-corrected chi connectivity index (χ3v) is 4.16. The van der Waals surface area contributed by atoms with Gasteiger partial charge in [-0.25, -0.2) is 0 Å². The van der Waals surface area contributed by atoms with Crippen molar-refractivity contribution in [2.24, 2.45) is 5.92 Å². The molecule has 1 N–H and O–H groups in total. The molecule has 1 unspecified atom stereocenters. The Bertz CT molecular complexity index is 250. The molecule has 1 saturated heterocycles. The van der Waals surface area contributed by atoms with Crippen molar-refractivity contribution in [2.45, 2.75) is 51.5 Å². The summed E-state index contributed by atoms with van der Waals surface area (Å²) in [5, 5.41) is 3.32. The first-order valence-corrected chi connectivity index (χ1v) is 6.20. The summed E-state index contributed by atoms with van der Waals surface area (Å²) in [6, 6.07) is 0. The zero-order chi connectivity index (χ0) is 10.9. The zero-order valence-corrected chi connectivity index (χ0v) is 9.88. The van der Waals surface area contributed by atoms with Crippen LogP contribution in [0.2, 0.25) is 0 Å². The van der Waals surface area contributed by atoms with Gasteiger partial charge in [0.1, 0.15) is 0 Å². The molecule has 1 saturated carbocycles. The summed E-state index contributed by atoms with van der Waals surface area (Å²) < 4.78 is 0. The average Bonchev–Trinajstić information content (AvgIpc) is 2.44. The van der Waals surface area contributed by atoms with Gasteiger partial charge in [-0.15, -0.1) is 0 Å². The predicted octanol–water partition coefficient (Wildman–Crippen LogP) is 1.73. The molecular weight excluding hydrogens is 188 g/mol. The maximum absolute atomic E-state index is 12.0. The number of carbonyl (C=O) groups is 1. The molecule has 2 rings (SSSR count). The highest BCUT2D eigenvalue weighted by Crippen LogP contribution is 2.30. The van der Waals surface area contributed by atoms with Crippen molar-refractivity contribution in [1.82, 2.24) is 10.2 Å². The van der Waals surface area contributed by atoms with Crippen molar-refractivity contribution in [3.63, 3.8) is 0 Å². The van der Waals surface area contributed by atoms with Crippen LogP contribution in [0.3, 0.4) is 0 Å². The Labute approximate surface area is 92.2 Å². The van der Waals surface area contributed by atoms with Gasteiger partial charge in [-0.1, -0.05) is 26.2 Å². The molecule has 2 fully saturated rings. The van der Waals surface area contributed by atoms with Crippen molar-refractivity contribution in [2.75, 3.05) is 13.2 Å². The second-order valence-corrected chi connectivity index (χ2v) is 5.17. The van der Waals surface area contributed by atoms with Gasteiger partial charge in [0.15, 0.2) is 0 Å². The SMILES string of the molecule is CCC1(C)NCN(CCC2CCC2)C1=O. The Morgan fingerprint density at radius 1 is 1.53 bits per heavy atom. The molecule has 1 atom stereocenters. The normalized spacial score (nSPS) is 32.1. The summed E-state index contributed by atoms with van der Waals surface area (Å²) in [6.07, 6.45) is 6.23. The van der Waals surface area contributed by atoms with Crippen molar-refractivity contribution >= 4 is 5.91 Å². The average molecular weight is 210 g/mol. The summed E-state index contributed by atoms with van der Waals surface area (Å²) in [4.78, 5) is 14.0. The minimum Gasteiger partial charge on any atom is -0.328 e. The van der Waals surface area contributed by atoms with E-state index in [0.29, 0.717) is 5.91 Å². The second kappa shape index (κ2) is 4.12. The predicted molar refractivity (Wildman–Crippen MR) is 60.4 cm³/mol.